The number of unbranched alkanes of at least 4 members (excludes halogenated alkanes) is 1. The van der Waals surface area contributed by atoms with Crippen LogP contribution in [0.25, 0.3) is 0 Å². The largest absolute Gasteiger partial charge is 0.396 e. The molecule has 0 heterocycles. The second-order valence-electron chi connectivity index (χ2n) is 5.73. The third-order valence-electron chi connectivity index (χ3n) is 3.63. The van der Waals surface area contributed by atoms with Crippen molar-refractivity contribution in [3.63, 3.8) is 0 Å². The molecule has 2 atom stereocenters. The Kier molecular flexibility index (Phi) is 8.01. The standard InChI is InChI=1S/C14H30O3/c1-7-8-9-13(10-15)12(4)16-17-14(5,6)11(2)3/h11-13,15H,7-10H2,1-6H3. The molecule has 0 spiro atoms. The van der Waals surface area contributed by atoms with Gasteiger partial charge in [0.25, 0.3) is 0 Å². The van der Waals surface area contributed by atoms with Crippen molar-refractivity contribution in [2.45, 2.75) is 72.5 Å². The highest BCUT2D eigenvalue weighted by molar-refractivity contribution is 4.71. The summed E-state index contributed by atoms with van der Waals surface area (Å²) in [6, 6.07) is 0. The SMILES string of the molecule is CCCCC(CO)C(C)OOC(C)(C)C(C)C. The molecule has 0 aromatic heterocycles. The fourth-order valence-corrected chi connectivity index (χ4v) is 1.32. The van der Waals surface area contributed by atoms with Crippen molar-refractivity contribution in [2.24, 2.45) is 11.8 Å². The minimum absolute atomic E-state index is 0.0652. The zero-order valence-corrected chi connectivity index (χ0v) is 12.3. The molecular weight excluding hydrogens is 216 g/mol. The molecule has 1 N–H and O–H groups in total. The summed E-state index contributed by atoms with van der Waals surface area (Å²) < 4.78 is 0. The molecule has 0 aromatic carbocycles. The van der Waals surface area contributed by atoms with E-state index in [2.05, 4.69) is 20.8 Å². The van der Waals surface area contributed by atoms with Gasteiger partial charge >= 0.3 is 0 Å². The molecule has 0 amide bonds. The third-order valence-corrected chi connectivity index (χ3v) is 3.63. The zero-order chi connectivity index (χ0) is 13.5. The van der Waals surface area contributed by atoms with Crippen molar-refractivity contribution in [1.29, 1.82) is 0 Å². The van der Waals surface area contributed by atoms with Crippen LogP contribution in [0, 0.1) is 11.8 Å². The van der Waals surface area contributed by atoms with Crippen molar-refractivity contribution in [2.75, 3.05) is 6.61 Å². The van der Waals surface area contributed by atoms with Gasteiger partial charge in [-0.3, -0.25) is 0 Å². The monoisotopic (exact) mass is 246 g/mol. The summed E-state index contributed by atoms with van der Waals surface area (Å²) in [5.41, 5.74) is -0.293. The van der Waals surface area contributed by atoms with Crippen LogP contribution < -0.4 is 0 Å². The fraction of sp³-hybridized carbons (Fsp3) is 1.00. The first-order valence-electron chi connectivity index (χ1n) is 6.80. The van der Waals surface area contributed by atoms with Gasteiger partial charge in [-0.05, 0) is 33.1 Å². The molecule has 0 bridgehead atoms. The molecule has 17 heavy (non-hydrogen) atoms. The van der Waals surface area contributed by atoms with Gasteiger partial charge < -0.3 is 5.11 Å². The Balaban J connectivity index is 4.09. The van der Waals surface area contributed by atoms with Crippen molar-refractivity contribution >= 4 is 0 Å². The molecule has 0 saturated heterocycles. The molecule has 0 aliphatic carbocycles. The van der Waals surface area contributed by atoms with Gasteiger partial charge in [0.2, 0.25) is 0 Å². The van der Waals surface area contributed by atoms with Crippen molar-refractivity contribution < 1.29 is 14.9 Å². The maximum atomic E-state index is 9.33. The van der Waals surface area contributed by atoms with E-state index in [1.54, 1.807) is 0 Å². The molecule has 3 heteroatoms. The number of hydrogen-bond donors (Lipinski definition) is 1. The summed E-state index contributed by atoms with van der Waals surface area (Å²) in [5.74, 6) is 0.552. The number of rotatable bonds is 9. The lowest BCUT2D eigenvalue weighted by Crippen LogP contribution is -2.34. The molecule has 0 aliphatic heterocycles. The Morgan fingerprint density at radius 2 is 1.76 bits per heavy atom. The number of aliphatic hydroxyl groups is 1. The maximum absolute atomic E-state index is 9.33. The van der Waals surface area contributed by atoms with E-state index >= 15 is 0 Å². The molecule has 3 nitrogen and oxygen atoms in total. The first kappa shape index (κ1) is 16.9. The van der Waals surface area contributed by atoms with Gasteiger partial charge in [-0.15, -0.1) is 0 Å². The minimum Gasteiger partial charge on any atom is -0.396 e. The molecule has 0 rings (SSSR count). The third kappa shape index (κ3) is 6.39. The van der Waals surface area contributed by atoms with E-state index in [-0.39, 0.29) is 24.2 Å². The van der Waals surface area contributed by atoms with E-state index in [1.165, 1.54) is 0 Å². The Hall–Kier alpha value is -0.120. The van der Waals surface area contributed by atoms with E-state index in [1.807, 2.05) is 20.8 Å². The summed E-state index contributed by atoms with van der Waals surface area (Å²) in [4.78, 5) is 11.0. The van der Waals surface area contributed by atoms with Crippen LogP contribution in [0.1, 0.15) is 60.8 Å². The van der Waals surface area contributed by atoms with E-state index in [0.717, 1.165) is 19.3 Å². The van der Waals surface area contributed by atoms with Gasteiger partial charge in [0.15, 0.2) is 0 Å². The van der Waals surface area contributed by atoms with Crippen LogP contribution in [0.3, 0.4) is 0 Å². The Morgan fingerprint density at radius 3 is 2.18 bits per heavy atom. The van der Waals surface area contributed by atoms with Crippen LogP contribution in [0.4, 0.5) is 0 Å². The molecule has 0 fully saturated rings. The lowest BCUT2D eigenvalue weighted by Gasteiger charge is -2.31. The van der Waals surface area contributed by atoms with Crippen molar-refractivity contribution in [3.05, 3.63) is 0 Å². The lowest BCUT2D eigenvalue weighted by atomic mass is 9.95. The smallest absolute Gasteiger partial charge is 0.100 e. The highest BCUT2D eigenvalue weighted by Crippen LogP contribution is 2.23. The first-order chi connectivity index (χ1) is 7.85. The van der Waals surface area contributed by atoms with Crippen LogP contribution in [-0.2, 0) is 9.78 Å². The Morgan fingerprint density at radius 1 is 1.18 bits per heavy atom. The van der Waals surface area contributed by atoms with Gasteiger partial charge in [0.05, 0.1) is 6.10 Å². The number of aliphatic hydroxyl groups excluding tert-OH is 1. The van der Waals surface area contributed by atoms with Crippen molar-refractivity contribution in [1.82, 2.24) is 0 Å². The van der Waals surface area contributed by atoms with Crippen LogP contribution >= 0.6 is 0 Å². The second kappa shape index (κ2) is 8.06. The predicted molar refractivity (Wildman–Crippen MR) is 70.6 cm³/mol. The second-order valence-corrected chi connectivity index (χ2v) is 5.73. The summed E-state index contributed by atoms with van der Waals surface area (Å²) in [7, 11) is 0. The molecule has 104 valence electrons. The van der Waals surface area contributed by atoms with Gasteiger partial charge in [0.1, 0.15) is 5.60 Å². The topological polar surface area (TPSA) is 38.7 Å². The van der Waals surface area contributed by atoms with E-state index in [4.69, 9.17) is 9.78 Å². The molecule has 0 radical (unpaired) electrons. The normalized spacial score (nSPS) is 16.2. The van der Waals surface area contributed by atoms with Gasteiger partial charge in [-0.2, -0.15) is 0 Å². The zero-order valence-electron chi connectivity index (χ0n) is 12.3. The van der Waals surface area contributed by atoms with E-state index in [9.17, 15) is 5.11 Å². The average molecular weight is 246 g/mol. The van der Waals surface area contributed by atoms with Crippen molar-refractivity contribution in [3.8, 4) is 0 Å². The number of hydrogen-bond acceptors (Lipinski definition) is 3. The van der Waals surface area contributed by atoms with Gasteiger partial charge in [-0.1, -0.05) is 33.6 Å². The van der Waals surface area contributed by atoms with Crippen LogP contribution in [0.5, 0.6) is 0 Å². The van der Waals surface area contributed by atoms with Crippen LogP contribution in [0.2, 0.25) is 0 Å². The highest BCUT2D eigenvalue weighted by Gasteiger charge is 2.27. The summed E-state index contributed by atoms with van der Waals surface area (Å²) >= 11 is 0. The average Bonchev–Trinajstić information content (AvgIpc) is 2.27. The van der Waals surface area contributed by atoms with Gasteiger partial charge in [0, 0.05) is 12.5 Å². The fourth-order valence-electron chi connectivity index (χ4n) is 1.32. The lowest BCUT2D eigenvalue weighted by molar-refractivity contribution is -0.390. The molecule has 2 unspecified atom stereocenters. The molecule has 0 aromatic rings. The van der Waals surface area contributed by atoms with Crippen LogP contribution in [-0.4, -0.2) is 23.4 Å². The highest BCUT2D eigenvalue weighted by atomic mass is 17.2. The maximum Gasteiger partial charge on any atom is 0.100 e. The molecule has 0 aliphatic rings. The predicted octanol–water partition coefficient (Wildman–Crippen LogP) is 3.56. The quantitative estimate of drug-likeness (QED) is 0.499. The Labute approximate surface area is 106 Å². The first-order valence-corrected chi connectivity index (χ1v) is 6.80. The van der Waals surface area contributed by atoms with Crippen LogP contribution in [0.15, 0.2) is 0 Å². The molecule has 0 saturated carbocycles. The Bertz CT molecular complexity index is 190. The minimum atomic E-state index is -0.293. The van der Waals surface area contributed by atoms with E-state index in [0.29, 0.717) is 5.92 Å². The van der Waals surface area contributed by atoms with Gasteiger partial charge in [-0.25, -0.2) is 9.78 Å². The summed E-state index contributed by atoms with van der Waals surface area (Å²) in [6.07, 6.45) is 3.18. The van der Waals surface area contributed by atoms with E-state index < -0.39 is 0 Å². The summed E-state index contributed by atoms with van der Waals surface area (Å²) in [6.45, 7) is 12.5. The summed E-state index contributed by atoms with van der Waals surface area (Å²) in [5, 5.41) is 9.33. The molecular formula is C14H30O3.